The van der Waals surface area contributed by atoms with Gasteiger partial charge >= 0.3 is 16.3 Å². The highest BCUT2D eigenvalue weighted by atomic mass is 32.3. The third-order valence-corrected chi connectivity index (χ3v) is 6.76. The molecule has 0 saturated heterocycles. The van der Waals surface area contributed by atoms with Crippen molar-refractivity contribution in [3.63, 3.8) is 0 Å². The number of fused-ring (bicyclic) bond motifs is 3. The Labute approximate surface area is 197 Å². The predicted molar refractivity (Wildman–Crippen MR) is 123 cm³/mol. The molecular weight excluding hydrogens is 461 g/mol. The van der Waals surface area contributed by atoms with Crippen LogP contribution in [-0.4, -0.2) is 44.0 Å². The molecule has 1 aliphatic rings. The first kappa shape index (κ1) is 23.9. The van der Waals surface area contributed by atoms with Gasteiger partial charge in [-0.25, -0.2) is 4.79 Å². The summed E-state index contributed by atoms with van der Waals surface area (Å²) in [6.07, 6.45) is -3.18. The van der Waals surface area contributed by atoms with Gasteiger partial charge in [0.25, 0.3) is 0 Å². The van der Waals surface area contributed by atoms with Gasteiger partial charge in [-0.05, 0) is 46.4 Å². The second kappa shape index (κ2) is 9.92. The Morgan fingerprint density at radius 2 is 1.50 bits per heavy atom. The van der Waals surface area contributed by atoms with Crippen LogP contribution < -0.4 is 5.32 Å². The Morgan fingerprint density at radius 3 is 2.06 bits per heavy atom. The van der Waals surface area contributed by atoms with E-state index >= 15 is 0 Å². The number of nitrogens with one attached hydrogen (secondary N) is 1. The van der Waals surface area contributed by atoms with Crippen LogP contribution in [0.2, 0.25) is 0 Å². The molecule has 0 bridgehead atoms. The lowest BCUT2D eigenvalue weighted by molar-refractivity contribution is 0.0136. The number of carbonyl (C=O) groups excluding carboxylic acids is 1. The number of aliphatic hydroxyl groups excluding tert-OH is 2. The lowest BCUT2D eigenvalue weighted by Crippen LogP contribution is -2.30. The van der Waals surface area contributed by atoms with Crippen molar-refractivity contribution in [3.8, 4) is 11.1 Å². The third-order valence-electron chi connectivity index (χ3n) is 5.92. The summed E-state index contributed by atoms with van der Waals surface area (Å²) in [7, 11) is -4.84. The average Bonchev–Trinajstić information content (AvgIpc) is 3.15. The lowest BCUT2D eigenvalue weighted by atomic mass is 9.98. The molecule has 0 spiro atoms. The molecule has 1 aliphatic carbocycles. The second-order valence-corrected chi connectivity index (χ2v) is 9.41. The molecule has 0 fully saturated rings. The highest BCUT2D eigenvalue weighted by Gasteiger charge is 2.29. The van der Waals surface area contributed by atoms with Crippen molar-refractivity contribution in [2.24, 2.45) is 0 Å². The largest absolute Gasteiger partial charge is 0.449 e. The standard InChI is InChI=1S/C25H24FNO6S/c26-34(31,32)17-11-9-16(10-12-17)24(29)23(28)13-14-27-25(30)33-15-22-20-7-3-1-5-18(20)19-6-2-4-8-21(19)22/h1-12,22-24,28-29H,13-15H2,(H,27,30). The summed E-state index contributed by atoms with van der Waals surface area (Å²) in [6, 6.07) is 20.5. The number of ether oxygens (including phenoxy) is 1. The number of amides is 1. The van der Waals surface area contributed by atoms with Gasteiger partial charge < -0.3 is 20.3 Å². The molecular formula is C25H24FNO6S. The number of aliphatic hydroxyl groups is 2. The summed E-state index contributed by atoms with van der Waals surface area (Å²) in [6.45, 7) is 0.209. The van der Waals surface area contributed by atoms with E-state index in [1.54, 1.807) is 0 Å². The van der Waals surface area contributed by atoms with Crippen molar-refractivity contribution in [2.75, 3.05) is 13.2 Å². The average molecular weight is 486 g/mol. The number of rotatable bonds is 8. The van der Waals surface area contributed by atoms with Gasteiger partial charge in [-0.2, -0.15) is 8.42 Å². The van der Waals surface area contributed by atoms with Gasteiger partial charge in [0.05, 0.1) is 11.0 Å². The third kappa shape index (κ3) is 5.11. The number of alkyl carbamates (subject to hydrolysis) is 1. The molecule has 3 N–H and O–H groups in total. The van der Waals surface area contributed by atoms with Gasteiger partial charge in [0.2, 0.25) is 0 Å². The summed E-state index contributed by atoms with van der Waals surface area (Å²) >= 11 is 0. The molecule has 4 rings (SSSR count). The molecule has 2 unspecified atom stereocenters. The van der Waals surface area contributed by atoms with Crippen molar-refractivity contribution in [3.05, 3.63) is 89.5 Å². The van der Waals surface area contributed by atoms with E-state index in [0.29, 0.717) is 0 Å². The van der Waals surface area contributed by atoms with Gasteiger partial charge in [0, 0.05) is 12.5 Å². The van der Waals surface area contributed by atoms with Crippen LogP contribution in [0, 0.1) is 0 Å². The van der Waals surface area contributed by atoms with E-state index in [0.717, 1.165) is 34.4 Å². The van der Waals surface area contributed by atoms with Gasteiger partial charge in [0.15, 0.2) is 0 Å². The van der Waals surface area contributed by atoms with Crippen molar-refractivity contribution >= 4 is 16.3 Å². The summed E-state index contributed by atoms with van der Waals surface area (Å²) in [5, 5.41) is 23.0. The van der Waals surface area contributed by atoms with Crippen LogP contribution in [0.4, 0.5) is 8.68 Å². The van der Waals surface area contributed by atoms with Gasteiger partial charge in [-0.15, -0.1) is 3.89 Å². The Balaban J connectivity index is 1.27. The number of halogens is 1. The number of benzene rings is 3. The number of hydrogen-bond acceptors (Lipinski definition) is 6. The molecule has 0 saturated carbocycles. The summed E-state index contributed by atoms with van der Waals surface area (Å²) in [5.41, 5.74) is 4.67. The first-order valence-corrected chi connectivity index (χ1v) is 12.1. The summed E-state index contributed by atoms with van der Waals surface area (Å²) in [5.74, 6) is -0.0679. The maximum Gasteiger partial charge on any atom is 0.407 e. The van der Waals surface area contributed by atoms with Crippen LogP contribution >= 0.6 is 0 Å². The highest BCUT2D eigenvalue weighted by molar-refractivity contribution is 7.86. The maximum absolute atomic E-state index is 13.0. The van der Waals surface area contributed by atoms with E-state index in [2.05, 4.69) is 5.32 Å². The molecule has 34 heavy (non-hydrogen) atoms. The van der Waals surface area contributed by atoms with E-state index < -0.39 is 33.4 Å². The monoisotopic (exact) mass is 485 g/mol. The van der Waals surface area contributed by atoms with Crippen molar-refractivity contribution < 1.29 is 32.0 Å². The first-order valence-electron chi connectivity index (χ1n) is 10.8. The lowest BCUT2D eigenvalue weighted by Gasteiger charge is -2.19. The molecule has 0 radical (unpaired) electrons. The van der Waals surface area contributed by atoms with E-state index in [1.165, 1.54) is 12.1 Å². The van der Waals surface area contributed by atoms with Crippen molar-refractivity contribution in [1.82, 2.24) is 5.32 Å². The first-order chi connectivity index (χ1) is 16.3. The maximum atomic E-state index is 13.0. The van der Waals surface area contributed by atoms with Gasteiger partial charge in [0.1, 0.15) is 12.7 Å². The van der Waals surface area contributed by atoms with Crippen LogP contribution in [0.25, 0.3) is 11.1 Å². The predicted octanol–water partition coefficient (Wildman–Crippen LogP) is 3.67. The molecule has 1 amide bonds. The van der Waals surface area contributed by atoms with Gasteiger partial charge in [-0.1, -0.05) is 60.7 Å². The normalized spacial score (nSPS) is 14.7. The molecule has 7 nitrogen and oxygen atoms in total. The van der Waals surface area contributed by atoms with E-state index in [9.17, 15) is 27.3 Å². The molecule has 2 atom stereocenters. The van der Waals surface area contributed by atoms with E-state index in [-0.39, 0.29) is 31.1 Å². The Morgan fingerprint density at radius 1 is 0.941 bits per heavy atom. The SMILES string of the molecule is O=C(NCCC(O)C(O)c1ccc(S(=O)(=O)F)cc1)OCC1c2ccccc2-c2ccccc21. The fraction of sp³-hybridized carbons (Fsp3) is 0.240. The smallest absolute Gasteiger partial charge is 0.407 e. The molecule has 3 aromatic rings. The quantitative estimate of drug-likeness (QED) is 0.420. The van der Waals surface area contributed by atoms with Crippen LogP contribution in [0.1, 0.15) is 35.1 Å². The van der Waals surface area contributed by atoms with E-state index in [1.807, 2.05) is 48.5 Å². The topological polar surface area (TPSA) is 113 Å². The molecule has 0 aliphatic heterocycles. The minimum absolute atomic E-state index is 0.0223. The van der Waals surface area contributed by atoms with Crippen LogP contribution in [0.3, 0.4) is 0 Å². The second-order valence-electron chi connectivity index (χ2n) is 8.06. The Bertz CT molecular complexity index is 1230. The van der Waals surface area contributed by atoms with Crippen molar-refractivity contribution in [1.29, 1.82) is 0 Å². The van der Waals surface area contributed by atoms with Crippen LogP contribution in [0.5, 0.6) is 0 Å². The minimum atomic E-state index is -4.84. The molecule has 3 aromatic carbocycles. The van der Waals surface area contributed by atoms with Crippen LogP contribution in [-0.2, 0) is 15.0 Å². The Hall–Kier alpha value is -3.27. The number of hydrogen-bond donors (Lipinski definition) is 3. The molecule has 178 valence electrons. The van der Waals surface area contributed by atoms with Crippen molar-refractivity contribution in [2.45, 2.75) is 29.4 Å². The zero-order chi connectivity index (χ0) is 24.3. The zero-order valence-electron chi connectivity index (χ0n) is 18.1. The highest BCUT2D eigenvalue weighted by Crippen LogP contribution is 2.44. The van der Waals surface area contributed by atoms with Crippen LogP contribution in [0.15, 0.2) is 77.7 Å². The zero-order valence-corrected chi connectivity index (χ0v) is 18.9. The number of carbonyl (C=O) groups is 1. The summed E-state index contributed by atoms with van der Waals surface area (Å²) in [4.78, 5) is 11.7. The molecule has 9 heteroatoms. The minimum Gasteiger partial charge on any atom is -0.449 e. The molecule has 0 aromatic heterocycles. The summed E-state index contributed by atoms with van der Waals surface area (Å²) < 4.78 is 40.2. The molecule has 0 heterocycles. The van der Waals surface area contributed by atoms with Gasteiger partial charge in [-0.3, -0.25) is 0 Å². The fourth-order valence-corrected chi connectivity index (χ4v) is 4.64. The fourth-order valence-electron chi connectivity index (χ4n) is 4.18. The van der Waals surface area contributed by atoms with E-state index in [4.69, 9.17) is 4.74 Å². The Kier molecular flexibility index (Phi) is 6.97.